The molecule has 1 atom stereocenters. The lowest BCUT2D eigenvalue weighted by molar-refractivity contribution is 0.0224. The van der Waals surface area contributed by atoms with Gasteiger partial charge in [-0.05, 0) is 63.6 Å². The minimum absolute atomic E-state index is 0.159. The van der Waals surface area contributed by atoms with Gasteiger partial charge in [0, 0.05) is 6.54 Å². The molecule has 116 valence electrons. The summed E-state index contributed by atoms with van der Waals surface area (Å²) in [5, 5.41) is 0. The number of aryl methyl sites for hydroxylation is 1. The van der Waals surface area contributed by atoms with Crippen molar-refractivity contribution in [2.24, 2.45) is 0 Å². The molecule has 21 heavy (non-hydrogen) atoms. The second-order valence-electron chi connectivity index (χ2n) is 6.82. The second-order valence-corrected chi connectivity index (χ2v) is 6.82. The molecule has 1 aliphatic rings. The summed E-state index contributed by atoms with van der Waals surface area (Å²) >= 11 is 0. The van der Waals surface area contributed by atoms with E-state index in [0.29, 0.717) is 0 Å². The van der Waals surface area contributed by atoms with Gasteiger partial charge in [0.2, 0.25) is 0 Å². The molecule has 1 heterocycles. The van der Waals surface area contributed by atoms with Gasteiger partial charge >= 0.3 is 6.09 Å². The lowest BCUT2D eigenvalue weighted by Crippen LogP contribution is -2.36. The molecule has 1 amide bonds. The monoisotopic (exact) mass is 289 g/mol. The third-order valence-corrected chi connectivity index (χ3v) is 4.11. The average molecular weight is 289 g/mol. The number of benzene rings is 1. The quantitative estimate of drug-likeness (QED) is 0.794. The van der Waals surface area contributed by atoms with Crippen LogP contribution in [0.4, 0.5) is 4.79 Å². The van der Waals surface area contributed by atoms with Gasteiger partial charge in [0.15, 0.2) is 0 Å². The molecule has 1 unspecified atom stereocenters. The van der Waals surface area contributed by atoms with Crippen LogP contribution in [0.1, 0.15) is 63.3 Å². The largest absolute Gasteiger partial charge is 0.444 e. The van der Waals surface area contributed by atoms with E-state index in [2.05, 4.69) is 32.0 Å². The normalized spacial score (nSPS) is 18.9. The molecule has 0 bridgehead atoms. The van der Waals surface area contributed by atoms with E-state index in [4.69, 9.17) is 4.74 Å². The van der Waals surface area contributed by atoms with Crippen LogP contribution in [0, 0.1) is 6.92 Å². The Labute approximate surface area is 128 Å². The van der Waals surface area contributed by atoms with Crippen LogP contribution in [0.25, 0.3) is 0 Å². The summed E-state index contributed by atoms with van der Waals surface area (Å²) in [6, 6.07) is 6.59. The number of nitrogens with zero attached hydrogens (tertiary/aromatic N) is 1. The highest BCUT2D eigenvalue weighted by Gasteiger charge is 2.33. The van der Waals surface area contributed by atoms with Crippen molar-refractivity contribution in [3.63, 3.8) is 0 Å². The van der Waals surface area contributed by atoms with Crippen LogP contribution in [0.2, 0.25) is 0 Å². The van der Waals surface area contributed by atoms with Crippen LogP contribution >= 0.6 is 0 Å². The Balaban J connectivity index is 2.25. The molecule has 0 saturated carbocycles. The van der Waals surface area contributed by atoms with Crippen molar-refractivity contribution in [2.75, 3.05) is 6.54 Å². The highest BCUT2D eigenvalue weighted by Crippen LogP contribution is 2.35. The Morgan fingerprint density at radius 2 is 2.10 bits per heavy atom. The number of amides is 1. The maximum Gasteiger partial charge on any atom is 0.410 e. The van der Waals surface area contributed by atoms with Gasteiger partial charge < -0.3 is 9.64 Å². The van der Waals surface area contributed by atoms with E-state index in [1.54, 1.807) is 0 Å². The summed E-state index contributed by atoms with van der Waals surface area (Å²) in [5.74, 6) is 0. The number of ether oxygens (including phenoxy) is 1. The fourth-order valence-electron chi connectivity index (χ4n) is 3.08. The maximum absolute atomic E-state index is 12.4. The van der Waals surface area contributed by atoms with Gasteiger partial charge in [-0.3, -0.25) is 0 Å². The first kappa shape index (κ1) is 15.9. The molecule has 0 N–H and O–H groups in total. The summed E-state index contributed by atoms with van der Waals surface area (Å²) in [6.45, 7) is 10.9. The molecule has 3 nitrogen and oxygen atoms in total. The zero-order valence-electron chi connectivity index (χ0n) is 13.9. The molecule has 1 aromatic rings. The second kappa shape index (κ2) is 6.08. The van der Waals surface area contributed by atoms with Crippen LogP contribution in [0.15, 0.2) is 18.2 Å². The number of hydrogen-bond donors (Lipinski definition) is 0. The van der Waals surface area contributed by atoms with Crippen molar-refractivity contribution < 1.29 is 9.53 Å². The molecule has 0 aliphatic carbocycles. The van der Waals surface area contributed by atoms with E-state index >= 15 is 0 Å². The summed E-state index contributed by atoms with van der Waals surface area (Å²) in [4.78, 5) is 14.3. The van der Waals surface area contributed by atoms with Crippen molar-refractivity contribution in [3.8, 4) is 0 Å². The molecule has 1 aliphatic heterocycles. The van der Waals surface area contributed by atoms with Crippen LogP contribution in [-0.4, -0.2) is 23.1 Å². The van der Waals surface area contributed by atoms with E-state index in [1.807, 2.05) is 25.7 Å². The number of likely N-dealkylation sites (tertiary alicyclic amines) is 1. The van der Waals surface area contributed by atoms with Crippen molar-refractivity contribution in [3.05, 3.63) is 34.9 Å². The van der Waals surface area contributed by atoms with E-state index in [9.17, 15) is 4.79 Å². The van der Waals surface area contributed by atoms with Crippen LogP contribution < -0.4 is 0 Å². The smallest absolute Gasteiger partial charge is 0.410 e. The number of carbonyl (C=O) groups excluding carboxylic acids is 1. The highest BCUT2D eigenvalue weighted by atomic mass is 16.6. The Bertz CT molecular complexity index is 516. The predicted octanol–water partition coefficient (Wildman–Crippen LogP) is 4.63. The fourth-order valence-corrected chi connectivity index (χ4v) is 3.08. The molecule has 0 radical (unpaired) electrons. The Morgan fingerprint density at radius 1 is 1.38 bits per heavy atom. The zero-order chi connectivity index (χ0) is 15.6. The molecule has 0 aromatic heterocycles. The molecule has 1 aromatic carbocycles. The van der Waals surface area contributed by atoms with Gasteiger partial charge in [0.25, 0.3) is 0 Å². The first-order chi connectivity index (χ1) is 9.83. The standard InChI is InChI=1S/C18H27NO2/c1-6-14-9-7-10-15(13(14)2)16-11-8-12-19(16)17(20)21-18(3,4)5/h7,9-10,16H,6,8,11-12H2,1-5H3. The van der Waals surface area contributed by atoms with E-state index in [-0.39, 0.29) is 12.1 Å². The van der Waals surface area contributed by atoms with Gasteiger partial charge in [-0.15, -0.1) is 0 Å². The average Bonchev–Trinajstić information content (AvgIpc) is 2.86. The van der Waals surface area contributed by atoms with Gasteiger partial charge in [0.1, 0.15) is 5.60 Å². The number of carbonyl (C=O) groups is 1. The molecule has 1 fully saturated rings. The SMILES string of the molecule is CCc1cccc(C2CCCN2C(=O)OC(C)(C)C)c1C. The predicted molar refractivity (Wildman–Crippen MR) is 85.5 cm³/mol. The Hall–Kier alpha value is -1.51. The lowest BCUT2D eigenvalue weighted by Gasteiger charge is -2.30. The van der Waals surface area contributed by atoms with Crippen LogP contribution in [-0.2, 0) is 11.2 Å². The van der Waals surface area contributed by atoms with E-state index in [1.165, 1.54) is 16.7 Å². The fraction of sp³-hybridized carbons (Fsp3) is 0.611. The highest BCUT2D eigenvalue weighted by molar-refractivity contribution is 5.69. The molecule has 3 heteroatoms. The van der Waals surface area contributed by atoms with Crippen molar-refractivity contribution in [2.45, 2.75) is 65.5 Å². The minimum atomic E-state index is -0.440. The van der Waals surface area contributed by atoms with Crippen LogP contribution in [0.3, 0.4) is 0 Å². The van der Waals surface area contributed by atoms with Crippen molar-refractivity contribution in [1.82, 2.24) is 4.90 Å². The topological polar surface area (TPSA) is 29.5 Å². The van der Waals surface area contributed by atoms with E-state index < -0.39 is 5.60 Å². The summed E-state index contributed by atoms with van der Waals surface area (Å²) in [5.41, 5.74) is 3.52. The summed E-state index contributed by atoms with van der Waals surface area (Å²) in [7, 11) is 0. The van der Waals surface area contributed by atoms with Gasteiger partial charge in [-0.2, -0.15) is 0 Å². The molecule has 2 rings (SSSR count). The summed E-state index contributed by atoms with van der Waals surface area (Å²) in [6.07, 6.45) is 2.90. The third kappa shape index (κ3) is 3.58. The molecular weight excluding hydrogens is 262 g/mol. The van der Waals surface area contributed by atoms with Crippen molar-refractivity contribution in [1.29, 1.82) is 0 Å². The Kier molecular flexibility index (Phi) is 4.60. The van der Waals surface area contributed by atoms with Crippen molar-refractivity contribution >= 4 is 6.09 Å². The first-order valence-electron chi connectivity index (χ1n) is 7.91. The van der Waals surface area contributed by atoms with Gasteiger partial charge in [-0.25, -0.2) is 4.79 Å². The Morgan fingerprint density at radius 3 is 2.71 bits per heavy atom. The zero-order valence-corrected chi connectivity index (χ0v) is 13.9. The lowest BCUT2D eigenvalue weighted by atomic mass is 9.94. The molecule has 0 spiro atoms. The number of hydrogen-bond acceptors (Lipinski definition) is 2. The number of rotatable bonds is 2. The van der Waals surface area contributed by atoms with E-state index in [0.717, 1.165) is 25.8 Å². The summed E-state index contributed by atoms with van der Waals surface area (Å²) < 4.78 is 5.56. The third-order valence-electron chi connectivity index (χ3n) is 4.11. The minimum Gasteiger partial charge on any atom is -0.444 e. The molecule has 1 saturated heterocycles. The maximum atomic E-state index is 12.4. The molecular formula is C18H27NO2. The van der Waals surface area contributed by atoms with Gasteiger partial charge in [-0.1, -0.05) is 25.1 Å². The van der Waals surface area contributed by atoms with Gasteiger partial charge in [0.05, 0.1) is 6.04 Å². The van der Waals surface area contributed by atoms with Crippen LogP contribution in [0.5, 0.6) is 0 Å². The first-order valence-corrected chi connectivity index (χ1v) is 7.91.